The van der Waals surface area contributed by atoms with Gasteiger partial charge >= 0.3 is 11.9 Å². The molecule has 1 N–H and O–H groups in total. The third kappa shape index (κ3) is 4.17. The van der Waals surface area contributed by atoms with Crippen LogP contribution in [0.4, 0.5) is 0 Å². The summed E-state index contributed by atoms with van der Waals surface area (Å²) in [5.74, 6) is -3.32. The number of amides is 1. The van der Waals surface area contributed by atoms with Crippen molar-refractivity contribution in [2.24, 2.45) is 11.3 Å². The number of carbonyl (C=O) groups excluding carboxylic acids is 3. The number of sulfone groups is 1. The van der Waals surface area contributed by atoms with Gasteiger partial charge in [-0.25, -0.2) is 27.5 Å². The van der Waals surface area contributed by atoms with Crippen LogP contribution in [0.15, 0.2) is 53.6 Å². The number of quaternary nitrogens is 1. The highest BCUT2D eigenvalue weighted by Gasteiger charge is 2.82. The van der Waals surface area contributed by atoms with Crippen molar-refractivity contribution < 1.29 is 42.2 Å². The number of carbonyl (C=O) groups is 3. The third-order valence-electron chi connectivity index (χ3n) is 8.40. The lowest BCUT2D eigenvalue weighted by Gasteiger charge is -2.59. The number of hydrogen-bond acceptors (Lipinski definition) is 10. The molecule has 13 heteroatoms. The molecule has 41 heavy (non-hydrogen) atoms. The predicted molar refractivity (Wildman–Crippen MR) is 147 cm³/mol. The van der Waals surface area contributed by atoms with E-state index in [4.69, 9.17) is 4.74 Å². The Bertz CT molecular complexity index is 1690. The van der Waals surface area contributed by atoms with Crippen molar-refractivity contribution >= 4 is 49.4 Å². The minimum atomic E-state index is -3.66. The maximum Gasteiger partial charge on any atom is 0.338 e. The van der Waals surface area contributed by atoms with Gasteiger partial charge in [0.15, 0.2) is 26.0 Å². The van der Waals surface area contributed by atoms with Gasteiger partial charge in [0.2, 0.25) is 0 Å². The van der Waals surface area contributed by atoms with Crippen LogP contribution in [0, 0.1) is 11.3 Å². The summed E-state index contributed by atoms with van der Waals surface area (Å²) in [6.07, 6.45) is 3.93. The molecule has 1 aromatic carbocycles. The summed E-state index contributed by atoms with van der Waals surface area (Å²) < 4.78 is 31.2. The van der Waals surface area contributed by atoms with Crippen LogP contribution in [0.5, 0.6) is 0 Å². The van der Waals surface area contributed by atoms with Crippen LogP contribution in [0.2, 0.25) is 0 Å². The normalized spacial score (nSPS) is 26.6. The van der Waals surface area contributed by atoms with Crippen LogP contribution in [0.3, 0.4) is 0 Å². The first-order chi connectivity index (χ1) is 19.3. The molecule has 0 spiro atoms. The van der Waals surface area contributed by atoms with E-state index in [0.29, 0.717) is 28.1 Å². The molecule has 0 saturated carbocycles. The quantitative estimate of drug-likeness (QED) is 0.207. The number of rotatable bonds is 10. The van der Waals surface area contributed by atoms with Crippen molar-refractivity contribution in [1.29, 1.82) is 0 Å². The number of carboxylic acid groups (broad SMARTS) is 1. The average Bonchev–Trinajstić information content (AvgIpc) is 3.56. The standard InChI is InChI=1S/C28H31N3O8S2/c1-5-6-12-31-21(25(33)34)20(19-13-30-15-29-23(24(30)40-19)41(4,37)38)16(2)22(31)28(17(3)32,27(31)36)14-39-26(35)18-10-8-7-9-11-18/h7-11,13,15-17,22,32H,5-6,12,14H2,1-4H3/t16-,17+,22+,28-,31?/m0/s1. The Morgan fingerprint density at radius 2 is 1.98 bits per heavy atom. The van der Waals surface area contributed by atoms with Gasteiger partial charge < -0.3 is 19.7 Å². The summed E-state index contributed by atoms with van der Waals surface area (Å²) in [6.45, 7) is 4.89. The zero-order valence-electron chi connectivity index (χ0n) is 23.1. The number of carboxylic acids is 1. The summed E-state index contributed by atoms with van der Waals surface area (Å²) in [7, 11) is -3.66. The molecule has 1 fully saturated rings. The molecule has 218 valence electrons. The maximum atomic E-state index is 14.3. The van der Waals surface area contributed by atoms with Gasteiger partial charge in [-0.2, -0.15) is 0 Å². The van der Waals surface area contributed by atoms with Crippen molar-refractivity contribution in [3.63, 3.8) is 0 Å². The highest BCUT2D eigenvalue weighted by molar-refractivity contribution is 7.91. The second kappa shape index (κ2) is 10.2. The number of esters is 1. The van der Waals surface area contributed by atoms with E-state index >= 15 is 0 Å². The van der Waals surface area contributed by atoms with Gasteiger partial charge in [-0.1, -0.05) is 38.5 Å². The smallest absolute Gasteiger partial charge is 0.338 e. The number of imidazole rings is 1. The number of ether oxygens (including phenoxy) is 1. The second-order valence-electron chi connectivity index (χ2n) is 10.8. The number of benzene rings is 1. The van der Waals surface area contributed by atoms with Crippen LogP contribution in [-0.4, -0.2) is 76.8 Å². The zero-order chi connectivity index (χ0) is 29.9. The molecule has 3 aromatic rings. The van der Waals surface area contributed by atoms with Crippen LogP contribution in [-0.2, 0) is 24.2 Å². The Kier molecular flexibility index (Phi) is 7.21. The Hall–Kier alpha value is -3.39. The lowest BCUT2D eigenvalue weighted by Crippen LogP contribution is -2.84. The number of thiazole rings is 1. The molecular formula is C28H31N3O8S2. The van der Waals surface area contributed by atoms with E-state index in [1.165, 1.54) is 17.7 Å². The molecule has 2 aliphatic heterocycles. The minimum Gasteiger partial charge on any atom is -0.540 e. The molecule has 4 heterocycles. The van der Waals surface area contributed by atoms with E-state index in [1.54, 1.807) is 43.5 Å². The molecule has 5 rings (SSSR count). The zero-order valence-corrected chi connectivity index (χ0v) is 24.7. The summed E-state index contributed by atoms with van der Waals surface area (Å²) in [4.78, 5) is 44.8. The summed E-state index contributed by atoms with van der Waals surface area (Å²) >= 11 is 1.06. The molecular weight excluding hydrogens is 570 g/mol. The van der Waals surface area contributed by atoms with Gasteiger partial charge in [-0.05, 0) is 25.5 Å². The molecule has 5 atom stereocenters. The maximum absolute atomic E-state index is 14.3. The molecule has 1 saturated heterocycles. The molecule has 1 amide bonds. The van der Waals surface area contributed by atoms with Gasteiger partial charge in [0, 0.05) is 23.9 Å². The van der Waals surface area contributed by atoms with E-state index in [-0.39, 0.29) is 22.8 Å². The number of nitrogens with zero attached hydrogens (tertiary/aromatic N) is 3. The molecule has 11 nitrogen and oxygen atoms in total. The summed E-state index contributed by atoms with van der Waals surface area (Å²) in [5.41, 5.74) is -1.15. The fourth-order valence-electron chi connectivity index (χ4n) is 6.68. The molecule has 1 unspecified atom stereocenters. The fourth-order valence-corrected chi connectivity index (χ4v) is 9.03. The topological polar surface area (TPSA) is 155 Å². The van der Waals surface area contributed by atoms with Crippen molar-refractivity contribution in [3.8, 4) is 0 Å². The number of unbranched alkanes of at least 4 members (excludes halogenated alkanes) is 1. The van der Waals surface area contributed by atoms with Crippen molar-refractivity contribution in [2.45, 2.75) is 50.8 Å². The number of hydrogen-bond donors (Lipinski definition) is 1. The number of aliphatic hydroxyl groups is 1. The lowest BCUT2D eigenvalue weighted by atomic mass is 9.62. The average molecular weight is 602 g/mol. The highest BCUT2D eigenvalue weighted by atomic mass is 32.2. The van der Waals surface area contributed by atoms with Gasteiger partial charge in [0.25, 0.3) is 0 Å². The molecule has 2 aliphatic rings. The summed E-state index contributed by atoms with van der Waals surface area (Å²) in [5, 5.41) is 23.8. The van der Waals surface area contributed by atoms with Crippen molar-refractivity contribution in [1.82, 2.24) is 9.38 Å². The minimum absolute atomic E-state index is 0.129. The molecule has 0 radical (unpaired) electrons. The van der Waals surface area contributed by atoms with Crippen LogP contribution in [0.1, 0.15) is 48.8 Å². The Balaban J connectivity index is 1.64. The Morgan fingerprint density at radius 3 is 2.56 bits per heavy atom. The predicted octanol–water partition coefficient (Wildman–Crippen LogP) is 1.66. The number of fused-ring (bicyclic) bond motifs is 2. The van der Waals surface area contributed by atoms with Crippen LogP contribution >= 0.6 is 11.3 Å². The van der Waals surface area contributed by atoms with Crippen LogP contribution < -0.4 is 5.11 Å². The lowest BCUT2D eigenvalue weighted by molar-refractivity contribution is -0.886. The van der Waals surface area contributed by atoms with Gasteiger partial charge in [0.05, 0.1) is 23.1 Å². The fraction of sp³-hybridized carbons (Fsp3) is 0.429. The Morgan fingerprint density at radius 1 is 1.29 bits per heavy atom. The largest absolute Gasteiger partial charge is 0.540 e. The number of aliphatic carboxylic acids is 1. The SMILES string of the molecule is CCCC[N+]12C(=O)[C@@](COC(=O)c3ccccc3)([C@@H](C)O)[C@H]1[C@@H](C)C(c1cn3cnc(S(C)(=O)=O)c3s1)=C2C(=O)[O-]. The van der Waals surface area contributed by atoms with Gasteiger partial charge in [0.1, 0.15) is 29.8 Å². The number of aliphatic hydroxyl groups excluding tert-OH is 1. The van der Waals surface area contributed by atoms with E-state index in [1.807, 2.05) is 6.92 Å². The highest BCUT2D eigenvalue weighted by Crippen LogP contribution is 2.62. The van der Waals surface area contributed by atoms with Gasteiger partial charge in [-0.3, -0.25) is 4.40 Å². The first-order valence-corrected chi connectivity index (χ1v) is 16.0. The van der Waals surface area contributed by atoms with E-state index in [9.17, 15) is 33.0 Å². The molecule has 0 aliphatic carbocycles. The van der Waals surface area contributed by atoms with Crippen LogP contribution in [0.25, 0.3) is 10.4 Å². The first kappa shape index (κ1) is 29.1. The van der Waals surface area contributed by atoms with Gasteiger partial charge in [-0.15, -0.1) is 11.3 Å². The first-order valence-electron chi connectivity index (χ1n) is 13.3. The van der Waals surface area contributed by atoms with E-state index in [0.717, 1.165) is 17.6 Å². The van der Waals surface area contributed by atoms with E-state index < -0.39 is 62.3 Å². The number of aromatic nitrogens is 2. The second-order valence-corrected chi connectivity index (χ2v) is 13.8. The molecule has 2 aromatic heterocycles. The number of β-lactam (4-membered cyclic amide) rings is 1. The third-order valence-corrected chi connectivity index (χ3v) is 10.7. The summed E-state index contributed by atoms with van der Waals surface area (Å²) in [6, 6.07) is 7.49. The monoisotopic (exact) mass is 601 g/mol. The van der Waals surface area contributed by atoms with Crippen molar-refractivity contribution in [2.75, 3.05) is 19.4 Å². The van der Waals surface area contributed by atoms with E-state index in [2.05, 4.69) is 4.98 Å². The molecule has 0 bridgehead atoms. The Labute approximate surface area is 241 Å². The van der Waals surface area contributed by atoms with Crippen molar-refractivity contribution in [3.05, 3.63) is 59.0 Å².